The van der Waals surface area contributed by atoms with Crippen molar-refractivity contribution < 1.29 is 4.42 Å². The first-order chi connectivity index (χ1) is 32.3. The Balaban J connectivity index is 0.982. The van der Waals surface area contributed by atoms with Crippen LogP contribution in [0.1, 0.15) is 45.2 Å². The number of hydrogen-bond acceptors (Lipinski definition) is 1. The van der Waals surface area contributed by atoms with Crippen molar-refractivity contribution in [1.29, 1.82) is 0 Å². The minimum atomic E-state index is 0.0987. The highest BCUT2D eigenvalue weighted by Crippen LogP contribution is 2.60. The molecule has 0 atom stereocenters. The van der Waals surface area contributed by atoms with Crippen molar-refractivity contribution >= 4 is 81.8 Å². The fourth-order valence-corrected chi connectivity index (χ4v) is 12.7. The van der Waals surface area contributed by atoms with Gasteiger partial charge in [0.25, 0.3) is 0 Å². The van der Waals surface area contributed by atoms with E-state index in [4.69, 9.17) is 4.42 Å². The molecule has 0 saturated carbocycles. The zero-order valence-corrected chi connectivity index (χ0v) is 35.1. The molecule has 0 saturated heterocycles. The van der Waals surface area contributed by atoms with Crippen molar-refractivity contribution in [2.24, 2.45) is 0 Å². The van der Waals surface area contributed by atoms with Crippen LogP contribution < -0.4 is 0 Å². The second kappa shape index (κ2) is 12.2. The minimum absolute atomic E-state index is 0.0987. The summed E-state index contributed by atoms with van der Waals surface area (Å²) in [5, 5.41) is 9.94. The first-order valence-corrected chi connectivity index (χ1v) is 22.7. The average molecular weight is 825 g/mol. The van der Waals surface area contributed by atoms with Crippen LogP contribution in [0.15, 0.2) is 211 Å². The summed E-state index contributed by atoms with van der Waals surface area (Å²) in [5.74, 6) is 0.201. The molecule has 3 aliphatic rings. The molecule has 65 heavy (non-hydrogen) atoms. The maximum absolute atomic E-state index is 6.65. The van der Waals surface area contributed by atoms with Crippen LogP contribution >= 0.6 is 0 Å². The summed E-state index contributed by atoms with van der Waals surface area (Å²) in [6, 6.07) is 77.1. The quantitative estimate of drug-likeness (QED) is 0.174. The zero-order valence-electron chi connectivity index (χ0n) is 35.1. The van der Waals surface area contributed by atoms with E-state index >= 15 is 0 Å². The van der Waals surface area contributed by atoms with E-state index in [1.807, 2.05) is 6.07 Å². The summed E-state index contributed by atoms with van der Waals surface area (Å²) < 4.78 is 11.5. The molecule has 0 radical (unpaired) electrons. The van der Waals surface area contributed by atoms with E-state index < -0.39 is 0 Å². The minimum Gasteiger partial charge on any atom is -0.454 e. The molecule has 0 spiro atoms. The summed E-state index contributed by atoms with van der Waals surface area (Å²) in [6.07, 6.45) is 0. The molecule has 300 valence electrons. The van der Waals surface area contributed by atoms with Crippen LogP contribution in [0.3, 0.4) is 0 Å². The Bertz CT molecular complexity index is 4250. The summed E-state index contributed by atoms with van der Waals surface area (Å²) in [6.45, 7) is 0. The van der Waals surface area contributed by atoms with Crippen molar-refractivity contribution in [3.05, 3.63) is 240 Å². The van der Waals surface area contributed by atoms with Gasteiger partial charge in [-0.2, -0.15) is 0 Å². The lowest BCUT2D eigenvalue weighted by molar-refractivity contribution is 0.666. The van der Waals surface area contributed by atoms with Crippen LogP contribution in [0.25, 0.3) is 110 Å². The van der Waals surface area contributed by atoms with Crippen LogP contribution in [-0.4, -0.2) is 8.97 Å². The smallest absolute Gasteiger partial charge is 0.159 e. The van der Waals surface area contributed by atoms with Gasteiger partial charge in [0.15, 0.2) is 5.58 Å². The first kappa shape index (κ1) is 34.1. The van der Waals surface area contributed by atoms with Crippen LogP contribution in [0.4, 0.5) is 0 Å². The number of nitrogens with zero attached hydrogens (tertiary/aromatic N) is 2. The van der Waals surface area contributed by atoms with Gasteiger partial charge in [0.05, 0.1) is 33.3 Å². The molecule has 0 N–H and O–H groups in total. The van der Waals surface area contributed by atoms with Crippen molar-refractivity contribution in [3.63, 3.8) is 0 Å². The number of rotatable bonds is 3. The third-order valence-electron chi connectivity index (χ3n) is 15.2. The predicted octanol–water partition coefficient (Wildman–Crippen LogP) is 16.2. The molecule has 4 heterocycles. The summed E-state index contributed by atoms with van der Waals surface area (Å²) in [4.78, 5) is 0. The molecule has 3 nitrogen and oxygen atoms in total. The van der Waals surface area contributed by atoms with E-state index in [0.717, 1.165) is 33.1 Å². The van der Waals surface area contributed by atoms with Gasteiger partial charge in [-0.15, -0.1) is 0 Å². The monoisotopic (exact) mass is 824 g/mol. The second-order valence-electron chi connectivity index (χ2n) is 18.2. The Kier molecular flexibility index (Phi) is 6.40. The van der Waals surface area contributed by atoms with Crippen LogP contribution in [0.2, 0.25) is 0 Å². The number of para-hydroxylation sites is 5. The molecule has 4 aromatic heterocycles. The second-order valence-corrected chi connectivity index (χ2v) is 18.2. The van der Waals surface area contributed by atoms with E-state index in [-0.39, 0.29) is 11.8 Å². The molecular formula is C62H36N2O. The summed E-state index contributed by atoms with van der Waals surface area (Å²) in [7, 11) is 0. The third kappa shape index (κ3) is 4.26. The third-order valence-corrected chi connectivity index (χ3v) is 15.2. The van der Waals surface area contributed by atoms with Gasteiger partial charge in [-0.25, -0.2) is 0 Å². The highest BCUT2D eigenvalue weighted by Gasteiger charge is 2.44. The van der Waals surface area contributed by atoms with E-state index in [1.165, 1.54) is 110 Å². The summed E-state index contributed by atoms with van der Waals surface area (Å²) >= 11 is 0. The lowest BCUT2D eigenvalue weighted by Crippen LogP contribution is -2.28. The number of fused-ring (bicyclic) bond motifs is 12. The lowest BCUT2D eigenvalue weighted by atomic mass is 9.58. The molecule has 2 bridgehead atoms. The lowest BCUT2D eigenvalue weighted by Gasteiger charge is -2.44. The van der Waals surface area contributed by atoms with E-state index in [1.54, 1.807) is 0 Å². The van der Waals surface area contributed by atoms with E-state index in [2.05, 4.69) is 209 Å². The SMILES string of the molecule is c1ccc2c(c1)C1c3ccccc3C2c2c(-c3cc4c5ccccc5n5c6ccccc6c(c3)c45)ccc(-c3ccc4c(c3)c3ccccc3n4-c3cccc4c3oc3ccccc34)c21. The number of benzene rings is 10. The molecule has 0 fully saturated rings. The molecule has 0 amide bonds. The van der Waals surface area contributed by atoms with Gasteiger partial charge in [-0.05, 0) is 110 Å². The van der Waals surface area contributed by atoms with Crippen molar-refractivity contribution in [1.82, 2.24) is 8.97 Å². The Hall–Kier alpha value is -8.40. The number of furan rings is 1. The van der Waals surface area contributed by atoms with Gasteiger partial charge in [-0.1, -0.05) is 152 Å². The molecule has 0 aliphatic heterocycles. The number of hydrogen-bond donors (Lipinski definition) is 0. The Labute approximate surface area is 373 Å². The molecule has 0 unspecified atom stereocenters. The maximum Gasteiger partial charge on any atom is 0.159 e. The molecule has 3 aliphatic carbocycles. The largest absolute Gasteiger partial charge is 0.454 e. The molecular weight excluding hydrogens is 789 g/mol. The predicted molar refractivity (Wildman–Crippen MR) is 268 cm³/mol. The fourth-order valence-electron chi connectivity index (χ4n) is 12.7. The average Bonchev–Trinajstić information content (AvgIpc) is 4.11. The van der Waals surface area contributed by atoms with E-state index in [9.17, 15) is 0 Å². The van der Waals surface area contributed by atoms with Crippen LogP contribution in [0, 0.1) is 0 Å². The molecule has 10 aromatic carbocycles. The number of aromatic nitrogens is 2. The standard InChI is InChI=1S/C62H36N2O/c1-3-20-45-43(18-1)57-44-19-2-4-21-46(44)58(45)60-38(36-33-49-40-15-6-10-24-52(40)64-53-25-11-7-16-41(53)50(34-36)61(49)64)30-29-37(59(57)60)35-28-31-54-48(32-35)39-14-5-9-23-51(39)63(54)55-26-13-22-47-42-17-8-12-27-56(42)65-62(47)55/h1-34,57-58H. The Morgan fingerprint density at radius 3 is 1.45 bits per heavy atom. The Morgan fingerprint density at radius 1 is 0.338 bits per heavy atom. The van der Waals surface area contributed by atoms with Gasteiger partial charge in [0.1, 0.15) is 5.58 Å². The first-order valence-electron chi connectivity index (χ1n) is 22.7. The van der Waals surface area contributed by atoms with Crippen molar-refractivity contribution in [2.45, 2.75) is 11.8 Å². The van der Waals surface area contributed by atoms with Crippen molar-refractivity contribution in [3.8, 4) is 27.9 Å². The fraction of sp³-hybridized carbons (Fsp3) is 0.0323. The van der Waals surface area contributed by atoms with Gasteiger partial charge in [-0.3, -0.25) is 0 Å². The van der Waals surface area contributed by atoms with Gasteiger partial charge >= 0.3 is 0 Å². The van der Waals surface area contributed by atoms with E-state index in [0.29, 0.717) is 0 Å². The maximum atomic E-state index is 6.65. The summed E-state index contributed by atoms with van der Waals surface area (Å²) in [5.41, 5.74) is 22.7. The van der Waals surface area contributed by atoms with Crippen molar-refractivity contribution in [2.75, 3.05) is 0 Å². The molecule has 17 rings (SSSR count). The van der Waals surface area contributed by atoms with Crippen LogP contribution in [0.5, 0.6) is 0 Å². The van der Waals surface area contributed by atoms with Gasteiger partial charge in [0.2, 0.25) is 0 Å². The zero-order chi connectivity index (χ0) is 42.1. The molecule has 3 heteroatoms. The highest BCUT2D eigenvalue weighted by molar-refractivity contribution is 6.24. The van der Waals surface area contributed by atoms with Gasteiger partial charge in [0, 0.05) is 54.9 Å². The highest BCUT2D eigenvalue weighted by atomic mass is 16.3. The normalized spacial score (nSPS) is 15.4. The Morgan fingerprint density at radius 2 is 0.815 bits per heavy atom. The molecule has 14 aromatic rings. The van der Waals surface area contributed by atoms with Crippen LogP contribution in [-0.2, 0) is 0 Å². The topological polar surface area (TPSA) is 22.5 Å². The van der Waals surface area contributed by atoms with Gasteiger partial charge < -0.3 is 13.4 Å².